The molecule has 2 heterocycles. The molecular weight excluding hydrogens is 350 g/mol. The van der Waals surface area contributed by atoms with Crippen molar-refractivity contribution in [3.05, 3.63) is 29.8 Å². The zero-order chi connectivity index (χ0) is 19.1. The van der Waals surface area contributed by atoms with E-state index in [4.69, 9.17) is 5.41 Å². The lowest BCUT2D eigenvalue weighted by Gasteiger charge is -2.46. The van der Waals surface area contributed by atoms with E-state index in [0.717, 1.165) is 18.4 Å². The van der Waals surface area contributed by atoms with Crippen molar-refractivity contribution >= 4 is 21.8 Å². The molecule has 1 unspecified atom stereocenters. The van der Waals surface area contributed by atoms with E-state index in [1.54, 1.807) is 29.6 Å². The lowest BCUT2D eigenvalue weighted by Crippen LogP contribution is -2.51. The van der Waals surface area contributed by atoms with Gasteiger partial charge < -0.3 is 4.90 Å². The van der Waals surface area contributed by atoms with E-state index in [0.29, 0.717) is 36.7 Å². The second-order valence-corrected chi connectivity index (χ2v) is 9.86. The molecule has 2 aliphatic rings. The van der Waals surface area contributed by atoms with Crippen LogP contribution in [0.4, 0.5) is 0 Å². The number of likely N-dealkylation sites (tertiary alicyclic amines) is 1. The molecule has 2 atom stereocenters. The molecule has 1 aromatic carbocycles. The number of nitrogens with one attached hydrogen (secondary N) is 1. The third kappa shape index (κ3) is 3.42. The summed E-state index contributed by atoms with van der Waals surface area (Å²) in [6.07, 6.45) is 2.55. The maximum absolute atomic E-state index is 13.1. The van der Waals surface area contributed by atoms with Crippen LogP contribution in [0.1, 0.15) is 38.2 Å². The zero-order valence-corrected chi connectivity index (χ0v) is 16.5. The van der Waals surface area contributed by atoms with E-state index in [1.165, 1.54) is 4.90 Å². The monoisotopic (exact) mass is 377 g/mol. The minimum absolute atomic E-state index is 0.0533. The molecule has 0 aromatic heterocycles. The molecule has 3 rings (SSSR count). The van der Waals surface area contributed by atoms with Crippen molar-refractivity contribution in [2.75, 3.05) is 20.1 Å². The fourth-order valence-electron chi connectivity index (χ4n) is 4.12. The summed E-state index contributed by atoms with van der Waals surface area (Å²) in [4.78, 5) is 14.0. The van der Waals surface area contributed by atoms with E-state index < -0.39 is 10.0 Å². The second-order valence-electron chi connectivity index (χ2n) is 7.93. The molecule has 2 fully saturated rings. The molecule has 2 saturated heterocycles. The lowest BCUT2D eigenvalue weighted by atomic mass is 9.67. The fourth-order valence-corrected chi connectivity index (χ4v) is 5.75. The molecule has 0 aliphatic carbocycles. The normalized spacial score (nSPS) is 28.4. The maximum Gasteiger partial charge on any atom is 0.243 e. The molecule has 6 nitrogen and oxygen atoms in total. The molecule has 1 N–H and O–H groups in total. The quantitative estimate of drug-likeness (QED) is 0.879. The molecule has 1 aromatic rings. The van der Waals surface area contributed by atoms with E-state index in [1.807, 2.05) is 19.9 Å². The molecule has 0 saturated carbocycles. The van der Waals surface area contributed by atoms with Crippen LogP contribution in [0.3, 0.4) is 0 Å². The van der Waals surface area contributed by atoms with E-state index in [2.05, 4.69) is 0 Å². The Morgan fingerprint density at radius 3 is 2.65 bits per heavy atom. The first-order valence-corrected chi connectivity index (χ1v) is 10.5. The number of rotatable bonds is 3. The Morgan fingerprint density at radius 1 is 1.27 bits per heavy atom. The van der Waals surface area contributed by atoms with Gasteiger partial charge in [-0.2, -0.15) is 4.31 Å². The Labute approximate surface area is 155 Å². The summed E-state index contributed by atoms with van der Waals surface area (Å²) in [6.45, 7) is 4.83. The van der Waals surface area contributed by atoms with Crippen molar-refractivity contribution in [2.45, 2.75) is 44.4 Å². The van der Waals surface area contributed by atoms with Crippen molar-refractivity contribution in [1.82, 2.24) is 9.21 Å². The van der Waals surface area contributed by atoms with Crippen LogP contribution in [0, 0.1) is 23.7 Å². The number of benzene rings is 1. The van der Waals surface area contributed by atoms with Gasteiger partial charge in [0.2, 0.25) is 15.9 Å². The Bertz CT molecular complexity index is 816. The average molecular weight is 378 g/mol. The SMILES string of the molecule is Cc1cccc(S(=O)(=O)N2CCCC([C@@]3(C)CC(=N)N(C)C(=O)C3)C2)c1. The van der Waals surface area contributed by atoms with Crippen LogP contribution >= 0.6 is 0 Å². The van der Waals surface area contributed by atoms with Crippen LogP contribution in [-0.2, 0) is 14.8 Å². The van der Waals surface area contributed by atoms with Gasteiger partial charge in [-0.15, -0.1) is 0 Å². The van der Waals surface area contributed by atoms with Crippen LogP contribution in [0.2, 0.25) is 0 Å². The summed E-state index contributed by atoms with van der Waals surface area (Å²) in [5, 5.41) is 8.10. The number of amidine groups is 1. The molecule has 0 bridgehead atoms. The van der Waals surface area contributed by atoms with Crippen LogP contribution < -0.4 is 0 Å². The number of carbonyl (C=O) groups is 1. The molecule has 0 radical (unpaired) electrons. The molecule has 2 aliphatic heterocycles. The maximum atomic E-state index is 13.1. The predicted octanol–water partition coefficient (Wildman–Crippen LogP) is 2.63. The standard InChI is InChI=1S/C19H27N3O3S/c1-14-6-4-8-16(10-14)26(24,25)22-9-5-7-15(13-22)19(2)11-17(20)21(3)18(23)12-19/h4,6,8,10,15,20H,5,7,9,11-13H2,1-3H3/t15?,19-/m0/s1. The summed E-state index contributed by atoms with van der Waals surface area (Å²) in [5.41, 5.74) is 0.558. The Hall–Kier alpha value is -1.73. The second kappa shape index (κ2) is 6.78. The van der Waals surface area contributed by atoms with Crippen LogP contribution in [-0.4, -0.2) is 49.5 Å². The van der Waals surface area contributed by atoms with Gasteiger partial charge in [0.1, 0.15) is 5.84 Å². The highest BCUT2D eigenvalue weighted by molar-refractivity contribution is 7.89. The van der Waals surface area contributed by atoms with Crippen molar-refractivity contribution in [3.63, 3.8) is 0 Å². The van der Waals surface area contributed by atoms with Crippen molar-refractivity contribution in [1.29, 1.82) is 5.41 Å². The third-order valence-corrected chi connectivity index (χ3v) is 7.76. The first kappa shape index (κ1) is 19.0. The lowest BCUT2D eigenvalue weighted by molar-refractivity contribution is -0.131. The molecule has 7 heteroatoms. The summed E-state index contributed by atoms with van der Waals surface area (Å²) >= 11 is 0. The van der Waals surface area contributed by atoms with Gasteiger partial charge in [0.15, 0.2) is 0 Å². The highest BCUT2D eigenvalue weighted by Crippen LogP contribution is 2.44. The number of piperidine rings is 2. The largest absolute Gasteiger partial charge is 0.304 e. The third-order valence-electron chi connectivity index (χ3n) is 5.90. The number of hydrogen-bond donors (Lipinski definition) is 1. The van der Waals surface area contributed by atoms with Crippen LogP contribution in [0.25, 0.3) is 0 Å². The summed E-state index contributed by atoms with van der Waals surface area (Å²) < 4.78 is 27.7. The molecule has 0 spiro atoms. The van der Waals surface area contributed by atoms with Gasteiger partial charge in [0.25, 0.3) is 0 Å². The summed E-state index contributed by atoms with van der Waals surface area (Å²) in [6, 6.07) is 6.99. The van der Waals surface area contributed by atoms with Gasteiger partial charge in [-0.3, -0.25) is 10.2 Å². The fraction of sp³-hybridized carbons (Fsp3) is 0.579. The Balaban J connectivity index is 1.83. The zero-order valence-electron chi connectivity index (χ0n) is 15.7. The predicted molar refractivity (Wildman–Crippen MR) is 100 cm³/mol. The van der Waals surface area contributed by atoms with Crippen molar-refractivity contribution < 1.29 is 13.2 Å². The van der Waals surface area contributed by atoms with Gasteiger partial charge in [-0.05, 0) is 48.8 Å². The molecule has 142 valence electrons. The summed E-state index contributed by atoms with van der Waals surface area (Å²) in [5.74, 6) is 0.346. The Morgan fingerprint density at radius 2 is 2.00 bits per heavy atom. The molecular formula is C19H27N3O3S. The van der Waals surface area contributed by atoms with Crippen molar-refractivity contribution in [2.24, 2.45) is 11.3 Å². The highest BCUT2D eigenvalue weighted by atomic mass is 32.2. The topological polar surface area (TPSA) is 81.5 Å². The smallest absolute Gasteiger partial charge is 0.243 e. The average Bonchev–Trinajstić information content (AvgIpc) is 2.60. The highest BCUT2D eigenvalue weighted by Gasteiger charge is 2.45. The van der Waals surface area contributed by atoms with Crippen LogP contribution in [0.5, 0.6) is 0 Å². The number of amides is 1. The number of sulfonamides is 1. The Kier molecular flexibility index (Phi) is 4.96. The van der Waals surface area contributed by atoms with Gasteiger partial charge >= 0.3 is 0 Å². The molecule has 1 amide bonds. The summed E-state index contributed by atoms with van der Waals surface area (Å²) in [7, 11) is -1.90. The van der Waals surface area contributed by atoms with Gasteiger partial charge in [0.05, 0.1) is 4.90 Å². The van der Waals surface area contributed by atoms with E-state index >= 15 is 0 Å². The first-order valence-electron chi connectivity index (χ1n) is 9.04. The number of aryl methyl sites for hydroxylation is 1. The minimum atomic E-state index is -3.54. The number of hydrogen-bond acceptors (Lipinski definition) is 4. The minimum Gasteiger partial charge on any atom is -0.304 e. The van der Waals surface area contributed by atoms with Gasteiger partial charge in [-0.1, -0.05) is 19.1 Å². The number of carbonyl (C=O) groups excluding carboxylic acids is 1. The van der Waals surface area contributed by atoms with E-state index in [9.17, 15) is 13.2 Å². The van der Waals surface area contributed by atoms with Crippen molar-refractivity contribution in [3.8, 4) is 0 Å². The van der Waals surface area contributed by atoms with E-state index in [-0.39, 0.29) is 17.2 Å². The number of nitrogens with zero attached hydrogens (tertiary/aromatic N) is 2. The van der Waals surface area contributed by atoms with Gasteiger partial charge in [-0.25, -0.2) is 8.42 Å². The van der Waals surface area contributed by atoms with Crippen LogP contribution in [0.15, 0.2) is 29.2 Å². The molecule has 26 heavy (non-hydrogen) atoms. The first-order chi connectivity index (χ1) is 12.1. The van der Waals surface area contributed by atoms with Gasteiger partial charge in [0, 0.05) is 33.0 Å².